The van der Waals surface area contributed by atoms with Gasteiger partial charge in [0.15, 0.2) is 23.0 Å². The van der Waals surface area contributed by atoms with Crippen LogP contribution in [-0.4, -0.2) is 20.4 Å². The van der Waals surface area contributed by atoms with Crippen molar-refractivity contribution in [2.45, 2.75) is 0 Å². The third kappa shape index (κ3) is 2.43. The number of ether oxygens (including phenoxy) is 1. The van der Waals surface area contributed by atoms with Crippen LogP contribution in [-0.2, 0) is 0 Å². The monoisotopic (exact) mass is 312 g/mol. The van der Waals surface area contributed by atoms with Gasteiger partial charge in [-0.1, -0.05) is 0 Å². The first kappa shape index (κ1) is 12.4. The molecule has 0 atom stereocenters. The standard InChI is InChI=1S/C12H9BrO5/c13-7-4-10(16)11(17)5-12(7)18-6-1-2-8(14)9(15)3-6/h1-5,14-17H. The zero-order valence-electron chi connectivity index (χ0n) is 8.96. The van der Waals surface area contributed by atoms with Crippen LogP contribution >= 0.6 is 15.9 Å². The predicted molar refractivity (Wildman–Crippen MR) is 67.3 cm³/mol. The maximum absolute atomic E-state index is 9.36. The van der Waals surface area contributed by atoms with E-state index in [0.29, 0.717) is 4.47 Å². The Kier molecular flexibility index (Phi) is 3.20. The third-order valence-electron chi connectivity index (χ3n) is 2.20. The van der Waals surface area contributed by atoms with Gasteiger partial charge in [0, 0.05) is 18.2 Å². The predicted octanol–water partition coefficient (Wildman–Crippen LogP) is 3.06. The number of aromatic hydroxyl groups is 4. The van der Waals surface area contributed by atoms with Crippen molar-refractivity contribution in [3.63, 3.8) is 0 Å². The molecule has 4 N–H and O–H groups in total. The number of phenolic OH excluding ortho intramolecular Hbond substituents is 4. The molecule has 5 nitrogen and oxygen atoms in total. The summed E-state index contributed by atoms with van der Waals surface area (Å²) in [6, 6.07) is 6.46. The summed E-state index contributed by atoms with van der Waals surface area (Å²) in [5.41, 5.74) is 0. The Bertz CT molecular complexity index is 597. The minimum Gasteiger partial charge on any atom is -0.504 e. The van der Waals surface area contributed by atoms with Crippen LogP contribution in [0.5, 0.6) is 34.5 Å². The molecule has 2 aromatic rings. The van der Waals surface area contributed by atoms with E-state index in [9.17, 15) is 15.3 Å². The van der Waals surface area contributed by atoms with Crippen LogP contribution in [0.25, 0.3) is 0 Å². The van der Waals surface area contributed by atoms with E-state index >= 15 is 0 Å². The van der Waals surface area contributed by atoms with Gasteiger partial charge in [-0.3, -0.25) is 0 Å². The molecule has 0 aliphatic rings. The summed E-state index contributed by atoms with van der Waals surface area (Å²) in [4.78, 5) is 0. The molecule has 0 heterocycles. The van der Waals surface area contributed by atoms with Crippen LogP contribution in [0.2, 0.25) is 0 Å². The molecule has 0 aliphatic heterocycles. The van der Waals surface area contributed by atoms with Gasteiger partial charge >= 0.3 is 0 Å². The average molecular weight is 313 g/mol. The lowest BCUT2D eigenvalue weighted by Gasteiger charge is -2.09. The van der Waals surface area contributed by atoms with E-state index in [2.05, 4.69) is 15.9 Å². The molecule has 2 rings (SSSR count). The highest BCUT2D eigenvalue weighted by Crippen LogP contribution is 2.39. The minimum absolute atomic E-state index is 0.255. The molecule has 0 spiro atoms. The van der Waals surface area contributed by atoms with E-state index in [1.807, 2.05) is 0 Å². The second kappa shape index (κ2) is 4.66. The zero-order chi connectivity index (χ0) is 13.3. The Balaban J connectivity index is 2.34. The number of halogens is 1. The van der Waals surface area contributed by atoms with Gasteiger partial charge < -0.3 is 25.2 Å². The maximum atomic E-state index is 9.36. The molecule has 0 saturated carbocycles. The van der Waals surface area contributed by atoms with Gasteiger partial charge in [0.1, 0.15) is 11.5 Å². The van der Waals surface area contributed by atoms with Crippen LogP contribution in [0, 0.1) is 0 Å². The lowest BCUT2D eigenvalue weighted by Crippen LogP contribution is -1.86. The highest BCUT2D eigenvalue weighted by Gasteiger charge is 2.10. The van der Waals surface area contributed by atoms with Crippen LogP contribution in [0.15, 0.2) is 34.8 Å². The Morgan fingerprint density at radius 1 is 0.778 bits per heavy atom. The fraction of sp³-hybridized carbons (Fsp3) is 0. The second-order valence-electron chi connectivity index (χ2n) is 3.52. The Morgan fingerprint density at radius 3 is 2.06 bits per heavy atom. The molecule has 0 aromatic heterocycles. The summed E-state index contributed by atoms with van der Waals surface area (Å²) in [5, 5.41) is 37.1. The summed E-state index contributed by atoms with van der Waals surface area (Å²) in [7, 11) is 0. The Morgan fingerprint density at radius 2 is 1.39 bits per heavy atom. The summed E-state index contributed by atoms with van der Waals surface area (Å²) < 4.78 is 5.83. The fourth-order valence-corrected chi connectivity index (χ4v) is 1.72. The van der Waals surface area contributed by atoms with E-state index in [1.165, 1.54) is 30.3 Å². The van der Waals surface area contributed by atoms with E-state index in [4.69, 9.17) is 9.84 Å². The van der Waals surface area contributed by atoms with Crippen LogP contribution in [0.4, 0.5) is 0 Å². The van der Waals surface area contributed by atoms with E-state index in [1.54, 1.807) is 0 Å². The Hall–Kier alpha value is -2.08. The van der Waals surface area contributed by atoms with Crippen molar-refractivity contribution in [1.82, 2.24) is 0 Å². The van der Waals surface area contributed by atoms with Crippen molar-refractivity contribution in [3.8, 4) is 34.5 Å². The van der Waals surface area contributed by atoms with Gasteiger partial charge in [-0.05, 0) is 28.1 Å². The first-order valence-corrected chi connectivity index (χ1v) is 5.68. The summed E-state index contributed by atoms with van der Waals surface area (Å²) >= 11 is 3.16. The molecule has 6 heteroatoms. The van der Waals surface area contributed by atoms with Gasteiger partial charge in [0.2, 0.25) is 0 Å². The Labute approximate surface area is 111 Å². The average Bonchev–Trinajstić information content (AvgIpc) is 2.31. The molecule has 0 saturated heterocycles. The minimum atomic E-state index is -0.323. The molecule has 0 aliphatic carbocycles. The van der Waals surface area contributed by atoms with Crippen molar-refractivity contribution in [1.29, 1.82) is 0 Å². The molecule has 18 heavy (non-hydrogen) atoms. The van der Waals surface area contributed by atoms with Gasteiger partial charge in [0.05, 0.1) is 4.47 Å². The number of rotatable bonds is 2. The van der Waals surface area contributed by atoms with Crippen LogP contribution in [0.3, 0.4) is 0 Å². The molecular weight excluding hydrogens is 304 g/mol. The summed E-state index contributed by atoms with van der Waals surface area (Å²) in [6.45, 7) is 0. The number of phenols is 4. The smallest absolute Gasteiger partial charge is 0.161 e. The fourth-order valence-electron chi connectivity index (χ4n) is 1.30. The van der Waals surface area contributed by atoms with Crippen molar-refractivity contribution in [2.75, 3.05) is 0 Å². The molecule has 0 fully saturated rings. The van der Waals surface area contributed by atoms with Gasteiger partial charge in [-0.2, -0.15) is 0 Å². The molecule has 0 bridgehead atoms. The molecule has 0 amide bonds. The summed E-state index contributed by atoms with van der Waals surface area (Å²) in [6.07, 6.45) is 0. The van der Waals surface area contributed by atoms with Gasteiger partial charge in [-0.15, -0.1) is 0 Å². The molecular formula is C12H9BrO5. The van der Waals surface area contributed by atoms with Gasteiger partial charge in [-0.25, -0.2) is 0 Å². The normalized spacial score (nSPS) is 10.3. The largest absolute Gasteiger partial charge is 0.504 e. The van der Waals surface area contributed by atoms with Crippen LogP contribution in [0.1, 0.15) is 0 Å². The number of hydrogen-bond acceptors (Lipinski definition) is 5. The molecule has 94 valence electrons. The van der Waals surface area contributed by atoms with E-state index in [0.717, 1.165) is 0 Å². The first-order valence-electron chi connectivity index (χ1n) is 4.88. The highest BCUT2D eigenvalue weighted by molar-refractivity contribution is 9.10. The van der Waals surface area contributed by atoms with Crippen molar-refractivity contribution in [2.24, 2.45) is 0 Å². The molecule has 0 unspecified atom stereocenters. The van der Waals surface area contributed by atoms with E-state index in [-0.39, 0.29) is 34.5 Å². The molecule has 0 radical (unpaired) electrons. The zero-order valence-corrected chi connectivity index (χ0v) is 10.5. The SMILES string of the molecule is Oc1ccc(Oc2cc(O)c(O)cc2Br)cc1O. The first-order chi connectivity index (χ1) is 8.47. The summed E-state index contributed by atoms with van der Waals surface area (Å²) in [5.74, 6) is -0.632. The topological polar surface area (TPSA) is 90.2 Å². The molecule has 2 aromatic carbocycles. The maximum Gasteiger partial charge on any atom is 0.161 e. The van der Waals surface area contributed by atoms with Crippen LogP contribution < -0.4 is 4.74 Å². The number of hydrogen-bond donors (Lipinski definition) is 4. The third-order valence-corrected chi connectivity index (χ3v) is 2.82. The lowest BCUT2D eigenvalue weighted by molar-refractivity contribution is 0.391. The van der Waals surface area contributed by atoms with E-state index < -0.39 is 0 Å². The van der Waals surface area contributed by atoms with Crippen molar-refractivity contribution < 1.29 is 25.2 Å². The highest BCUT2D eigenvalue weighted by atomic mass is 79.9. The number of benzene rings is 2. The van der Waals surface area contributed by atoms with Crippen molar-refractivity contribution in [3.05, 3.63) is 34.8 Å². The second-order valence-corrected chi connectivity index (χ2v) is 4.38. The quantitative estimate of drug-likeness (QED) is 0.640. The van der Waals surface area contributed by atoms with Gasteiger partial charge in [0.25, 0.3) is 0 Å². The lowest BCUT2D eigenvalue weighted by atomic mass is 10.3. The van der Waals surface area contributed by atoms with Crippen molar-refractivity contribution >= 4 is 15.9 Å².